The van der Waals surface area contributed by atoms with Gasteiger partial charge in [-0.25, -0.2) is 4.98 Å². The predicted molar refractivity (Wildman–Crippen MR) is 83.5 cm³/mol. The number of amides is 1. The van der Waals surface area contributed by atoms with Gasteiger partial charge in [0.25, 0.3) is 0 Å². The van der Waals surface area contributed by atoms with E-state index < -0.39 is 0 Å². The van der Waals surface area contributed by atoms with Crippen LogP contribution in [0.3, 0.4) is 0 Å². The number of nitrogens with one attached hydrogen (secondary N) is 2. The number of carbonyl (C=O) groups excluding carboxylic acids is 1. The van der Waals surface area contributed by atoms with Crippen LogP contribution in [-0.2, 0) is 11.3 Å². The van der Waals surface area contributed by atoms with Crippen LogP contribution < -0.4 is 10.6 Å². The molecule has 2 N–H and O–H groups in total. The number of hydrogen-bond acceptors (Lipinski definition) is 4. The van der Waals surface area contributed by atoms with E-state index in [0.717, 1.165) is 5.56 Å². The lowest BCUT2D eigenvalue weighted by Crippen LogP contribution is -2.37. The smallest absolute Gasteiger partial charge is 0.243 e. The number of hydrogen-bond donors (Lipinski definition) is 2. The van der Waals surface area contributed by atoms with Gasteiger partial charge in [0.05, 0.1) is 16.1 Å². The van der Waals surface area contributed by atoms with Gasteiger partial charge in [-0.1, -0.05) is 29.3 Å². The van der Waals surface area contributed by atoms with E-state index in [9.17, 15) is 4.79 Å². The number of aromatic nitrogens is 1. The van der Waals surface area contributed by atoms with Crippen molar-refractivity contribution in [3.8, 4) is 0 Å². The van der Waals surface area contributed by atoms with E-state index in [0.29, 0.717) is 21.7 Å². The maximum atomic E-state index is 11.9. The Morgan fingerprint density at radius 2 is 2.20 bits per heavy atom. The fourth-order valence-corrected chi connectivity index (χ4v) is 2.36. The van der Waals surface area contributed by atoms with Crippen LogP contribution in [-0.4, -0.2) is 16.9 Å². The minimum atomic E-state index is -0.339. The van der Waals surface area contributed by atoms with Crippen molar-refractivity contribution in [3.63, 3.8) is 0 Å². The van der Waals surface area contributed by atoms with Crippen molar-refractivity contribution in [1.29, 1.82) is 0 Å². The summed E-state index contributed by atoms with van der Waals surface area (Å²) in [5, 5.41) is 9.29. The second-order valence-corrected chi connectivity index (χ2v) is 5.89. The lowest BCUT2D eigenvalue weighted by atomic mass is 10.2. The molecule has 7 heteroatoms. The molecule has 1 unspecified atom stereocenters. The van der Waals surface area contributed by atoms with Gasteiger partial charge in [0.2, 0.25) is 5.91 Å². The van der Waals surface area contributed by atoms with Crippen molar-refractivity contribution < 1.29 is 4.79 Å². The van der Waals surface area contributed by atoms with E-state index in [2.05, 4.69) is 15.6 Å². The molecule has 2 rings (SSSR count). The Morgan fingerprint density at radius 1 is 1.40 bits per heavy atom. The summed E-state index contributed by atoms with van der Waals surface area (Å²) in [4.78, 5) is 15.9. The molecule has 4 nitrogen and oxygen atoms in total. The van der Waals surface area contributed by atoms with Crippen LogP contribution in [0.5, 0.6) is 0 Å². The fourth-order valence-electron chi connectivity index (χ4n) is 1.51. The molecule has 0 bridgehead atoms. The molecule has 0 aliphatic carbocycles. The summed E-state index contributed by atoms with van der Waals surface area (Å²) in [5.41, 5.74) is 0.966. The number of benzene rings is 1. The van der Waals surface area contributed by atoms with Crippen molar-refractivity contribution in [3.05, 3.63) is 45.4 Å². The molecule has 106 valence electrons. The normalized spacial score (nSPS) is 12.2. The Kier molecular flexibility index (Phi) is 5.37. The molecule has 0 aliphatic heterocycles. The van der Waals surface area contributed by atoms with Crippen molar-refractivity contribution in [2.24, 2.45) is 0 Å². The molecular formula is C13H13Cl2N3OS. The van der Waals surface area contributed by atoms with Gasteiger partial charge >= 0.3 is 0 Å². The molecule has 0 fully saturated rings. The summed E-state index contributed by atoms with van der Waals surface area (Å²) < 4.78 is 0. The van der Waals surface area contributed by atoms with Crippen molar-refractivity contribution >= 4 is 45.6 Å². The van der Waals surface area contributed by atoms with Crippen LogP contribution >= 0.6 is 34.5 Å². The zero-order chi connectivity index (χ0) is 14.5. The standard InChI is InChI=1S/C13H13Cl2N3OS/c1-8(12(19)18-13-16-4-5-20-13)17-7-9-2-3-10(14)11(15)6-9/h2-6,8,17H,7H2,1H3,(H,16,18,19). The summed E-state index contributed by atoms with van der Waals surface area (Å²) in [6, 6.07) is 5.05. The van der Waals surface area contributed by atoms with Crippen molar-refractivity contribution in [1.82, 2.24) is 10.3 Å². The molecule has 0 radical (unpaired) electrons. The first kappa shape index (κ1) is 15.3. The van der Waals surface area contributed by atoms with Crippen molar-refractivity contribution in [2.75, 3.05) is 5.32 Å². The minimum Gasteiger partial charge on any atom is -0.302 e. The summed E-state index contributed by atoms with van der Waals surface area (Å²) in [7, 11) is 0. The van der Waals surface area contributed by atoms with Gasteiger partial charge in [0.1, 0.15) is 0 Å². The zero-order valence-corrected chi connectivity index (χ0v) is 13.0. The average molecular weight is 330 g/mol. The third kappa shape index (κ3) is 4.18. The van der Waals surface area contributed by atoms with E-state index in [1.807, 2.05) is 11.4 Å². The Labute approximate surface area is 131 Å². The highest BCUT2D eigenvalue weighted by atomic mass is 35.5. The first-order valence-electron chi connectivity index (χ1n) is 5.94. The van der Waals surface area contributed by atoms with Crippen LogP contribution in [0.15, 0.2) is 29.8 Å². The quantitative estimate of drug-likeness (QED) is 0.881. The molecule has 1 heterocycles. The second-order valence-electron chi connectivity index (χ2n) is 4.18. The Balaban J connectivity index is 1.86. The molecular weight excluding hydrogens is 317 g/mol. The summed E-state index contributed by atoms with van der Waals surface area (Å²) >= 11 is 13.2. The summed E-state index contributed by atoms with van der Waals surface area (Å²) in [6.07, 6.45) is 1.65. The van der Waals surface area contributed by atoms with E-state index >= 15 is 0 Å². The van der Waals surface area contributed by atoms with E-state index in [1.54, 1.807) is 25.3 Å². The first-order chi connectivity index (χ1) is 9.56. The second kappa shape index (κ2) is 7.04. The maximum Gasteiger partial charge on any atom is 0.243 e. The Morgan fingerprint density at radius 3 is 2.85 bits per heavy atom. The van der Waals surface area contributed by atoms with Gasteiger partial charge in [-0.05, 0) is 24.6 Å². The van der Waals surface area contributed by atoms with E-state index in [-0.39, 0.29) is 11.9 Å². The minimum absolute atomic E-state index is 0.125. The van der Waals surface area contributed by atoms with Crippen molar-refractivity contribution in [2.45, 2.75) is 19.5 Å². The fraction of sp³-hybridized carbons (Fsp3) is 0.231. The molecule has 2 aromatic rings. The van der Waals surface area contributed by atoms with Gasteiger partial charge in [0, 0.05) is 18.1 Å². The molecule has 0 saturated heterocycles. The van der Waals surface area contributed by atoms with Gasteiger partial charge < -0.3 is 10.6 Å². The Hall–Kier alpha value is -1.14. The molecule has 20 heavy (non-hydrogen) atoms. The SMILES string of the molecule is CC(NCc1ccc(Cl)c(Cl)c1)C(=O)Nc1nccs1. The number of rotatable bonds is 5. The molecule has 1 aromatic heterocycles. The topological polar surface area (TPSA) is 54.0 Å². The molecule has 0 spiro atoms. The van der Waals surface area contributed by atoms with Crippen LogP contribution in [0, 0.1) is 0 Å². The highest BCUT2D eigenvalue weighted by Crippen LogP contribution is 2.22. The summed E-state index contributed by atoms with van der Waals surface area (Å²) in [5.74, 6) is -0.125. The van der Waals surface area contributed by atoms with Gasteiger partial charge in [-0.3, -0.25) is 4.79 Å². The monoisotopic (exact) mass is 329 g/mol. The first-order valence-corrected chi connectivity index (χ1v) is 7.57. The lowest BCUT2D eigenvalue weighted by Gasteiger charge is -2.13. The zero-order valence-electron chi connectivity index (χ0n) is 10.7. The number of nitrogens with zero attached hydrogens (tertiary/aromatic N) is 1. The van der Waals surface area contributed by atoms with Crippen LogP contribution in [0.4, 0.5) is 5.13 Å². The van der Waals surface area contributed by atoms with E-state index in [1.165, 1.54) is 11.3 Å². The third-order valence-electron chi connectivity index (χ3n) is 2.65. The Bertz CT molecular complexity index is 589. The van der Waals surface area contributed by atoms with Gasteiger partial charge in [-0.2, -0.15) is 0 Å². The highest BCUT2D eigenvalue weighted by Gasteiger charge is 2.13. The number of thiazole rings is 1. The molecule has 1 amide bonds. The number of carbonyl (C=O) groups is 1. The van der Waals surface area contributed by atoms with Gasteiger partial charge in [0.15, 0.2) is 5.13 Å². The maximum absolute atomic E-state index is 11.9. The largest absolute Gasteiger partial charge is 0.302 e. The van der Waals surface area contributed by atoms with E-state index in [4.69, 9.17) is 23.2 Å². The third-order valence-corrected chi connectivity index (χ3v) is 4.08. The highest BCUT2D eigenvalue weighted by molar-refractivity contribution is 7.13. The number of halogens is 2. The average Bonchev–Trinajstić information content (AvgIpc) is 2.92. The molecule has 1 atom stereocenters. The predicted octanol–water partition coefficient (Wildman–Crippen LogP) is 3.57. The lowest BCUT2D eigenvalue weighted by molar-refractivity contribution is -0.117. The molecule has 0 saturated carbocycles. The molecule has 0 aliphatic rings. The summed E-state index contributed by atoms with van der Waals surface area (Å²) in [6.45, 7) is 2.32. The van der Waals surface area contributed by atoms with Gasteiger partial charge in [-0.15, -0.1) is 11.3 Å². The molecule has 1 aromatic carbocycles. The number of anilines is 1. The van der Waals surface area contributed by atoms with Crippen LogP contribution in [0.1, 0.15) is 12.5 Å². The van der Waals surface area contributed by atoms with Crippen LogP contribution in [0.2, 0.25) is 10.0 Å². The van der Waals surface area contributed by atoms with Crippen LogP contribution in [0.25, 0.3) is 0 Å².